The Kier molecular flexibility index (Phi) is 3.57. The zero-order valence-corrected chi connectivity index (χ0v) is 13.1. The van der Waals surface area contributed by atoms with Crippen LogP contribution in [0.1, 0.15) is 25.6 Å². The van der Waals surface area contributed by atoms with E-state index in [0.717, 1.165) is 47.2 Å². The van der Waals surface area contributed by atoms with E-state index in [-0.39, 0.29) is 0 Å². The summed E-state index contributed by atoms with van der Waals surface area (Å²) >= 11 is 0. The molecule has 0 atom stereocenters. The predicted octanol–water partition coefficient (Wildman–Crippen LogP) is 3.30. The van der Waals surface area contributed by atoms with Crippen LogP contribution in [0.4, 0.5) is 11.5 Å². The van der Waals surface area contributed by atoms with Gasteiger partial charge in [0.15, 0.2) is 17.0 Å². The third-order valence-corrected chi connectivity index (χ3v) is 4.07. The molecule has 6 heteroatoms. The topological polar surface area (TPSA) is 64.9 Å². The van der Waals surface area contributed by atoms with Crippen molar-refractivity contribution in [1.82, 2.24) is 19.5 Å². The van der Waals surface area contributed by atoms with E-state index in [9.17, 15) is 0 Å². The Hall–Kier alpha value is -2.63. The number of nitrogens with zero attached hydrogens (tertiary/aromatic N) is 4. The average Bonchev–Trinajstić information content (AvgIpc) is 2.97. The molecule has 0 aliphatic carbocycles. The first kappa shape index (κ1) is 14.0. The minimum Gasteiger partial charge on any atom is -0.494 e. The van der Waals surface area contributed by atoms with Crippen molar-refractivity contribution in [3.8, 4) is 5.75 Å². The van der Waals surface area contributed by atoms with Crippen LogP contribution in [0.5, 0.6) is 5.75 Å². The fourth-order valence-corrected chi connectivity index (χ4v) is 2.99. The molecule has 1 aliphatic rings. The van der Waals surface area contributed by atoms with Gasteiger partial charge in [-0.2, -0.15) is 0 Å². The largest absolute Gasteiger partial charge is 0.494 e. The van der Waals surface area contributed by atoms with Gasteiger partial charge in [0.2, 0.25) is 0 Å². The van der Waals surface area contributed by atoms with Crippen LogP contribution in [-0.4, -0.2) is 26.1 Å². The molecule has 6 nitrogen and oxygen atoms in total. The van der Waals surface area contributed by atoms with Crippen molar-refractivity contribution in [3.05, 3.63) is 36.4 Å². The third kappa shape index (κ3) is 2.60. The van der Waals surface area contributed by atoms with Gasteiger partial charge in [-0.15, -0.1) is 0 Å². The Morgan fingerprint density at radius 3 is 2.87 bits per heavy atom. The van der Waals surface area contributed by atoms with Gasteiger partial charge in [0.05, 0.1) is 6.61 Å². The number of nitrogens with one attached hydrogen (secondary N) is 1. The van der Waals surface area contributed by atoms with Gasteiger partial charge in [-0.25, -0.2) is 15.0 Å². The molecule has 23 heavy (non-hydrogen) atoms. The molecule has 0 saturated carbocycles. The lowest BCUT2D eigenvalue weighted by Crippen LogP contribution is -2.10. The van der Waals surface area contributed by atoms with Crippen molar-refractivity contribution in [3.63, 3.8) is 0 Å². The van der Waals surface area contributed by atoms with Gasteiger partial charge in [0.1, 0.15) is 17.9 Å². The molecule has 4 rings (SSSR count). The van der Waals surface area contributed by atoms with Crippen molar-refractivity contribution in [1.29, 1.82) is 0 Å². The minimum atomic E-state index is 0.666. The van der Waals surface area contributed by atoms with Crippen LogP contribution in [0.25, 0.3) is 11.2 Å². The predicted molar refractivity (Wildman–Crippen MR) is 89.2 cm³/mol. The number of aryl methyl sites for hydroxylation is 2. The molecule has 2 aromatic heterocycles. The molecule has 0 bridgehead atoms. The Morgan fingerprint density at radius 1 is 1.17 bits per heavy atom. The summed E-state index contributed by atoms with van der Waals surface area (Å²) < 4.78 is 7.68. The third-order valence-electron chi connectivity index (χ3n) is 4.07. The number of fused-ring (bicyclic) bond motifs is 3. The molecule has 3 aromatic rings. The van der Waals surface area contributed by atoms with E-state index in [1.54, 1.807) is 6.33 Å². The summed E-state index contributed by atoms with van der Waals surface area (Å²) in [5.74, 6) is 2.73. The van der Waals surface area contributed by atoms with Gasteiger partial charge in [-0.1, -0.05) is 0 Å². The van der Waals surface area contributed by atoms with Crippen LogP contribution in [0.15, 0.2) is 30.6 Å². The van der Waals surface area contributed by atoms with Crippen LogP contribution in [0.3, 0.4) is 0 Å². The number of anilines is 2. The van der Waals surface area contributed by atoms with Crippen molar-refractivity contribution in [2.75, 3.05) is 11.9 Å². The highest BCUT2D eigenvalue weighted by molar-refractivity contribution is 5.85. The molecule has 1 N–H and O–H groups in total. The molecule has 118 valence electrons. The quantitative estimate of drug-likeness (QED) is 0.801. The van der Waals surface area contributed by atoms with Crippen molar-refractivity contribution in [2.45, 2.75) is 32.7 Å². The highest BCUT2D eigenvalue weighted by Crippen LogP contribution is 2.27. The van der Waals surface area contributed by atoms with Gasteiger partial charge >= 0.3 is 0 Å². The second kappa shape index (κ2) is 5.87. The van der Waals surface area contributed by atoms with Crippen LogP contribution in [0, 0.1) is 0 Å². The summed E-state index contributed by atoms with van der Waals surface area (Å²) in [6, 6.07) is 7.86. The van der Waals surface area contributed by atoms with Crippen LogP contribution in [0.2, 0.25) is 0 Å². The lowest BCUT2D eigenvalue weighted by atomic mass is 10.2. The Morgan fingerprint density at radius 2 is 2.04 bits per heavy atom. The zero-order chi connectivity index (χ0) is 15.6. The summed E-state index contributed by atoms with van der Waals surface area (Å²) in [5, 5.41) is 3.34. The first-order chi connectivity index (χ1) is 11.3. The molecule has 1 aromatic carbocycles. The molecule has 0 radical (unpaired) electrons. The van der Waals surface area contributed by atoms with E-state index in [2.05, 4.69) is 19.9 Å². The molecule has 0 spiro atoms. The number of aromatic nitrogens is 4. The van der Waals surface area contributed by atoms with E-state index in [1.165, 1.54) is 12.8 Å². The van der Waals surface area contributed by atoms with Crippen LogP contribution in [-0.2, 0) is 13.0 Å². The Labute approximate surface area is 134 Å². The van der Waals surface area contributed by atoms with Crippen molar-refractivity contribution < 1.29 is 4.74 Å². The molecule has 3 heterocycles. The van der Waals surface area contributed by atoms with E-state index in [0.29, 0.717) is 6.61 Å². The fourth-order valence-electron chi connectivity index (χ4n) is 2.99. The Bertz CT molecular complexity index is 825. The summed E-state index contributed by atoms with van der Waals surface area (Å²) in [7, 11) is 0. The number of rotatable bonds is 4. The minimum absolute atomic E-state index is 0.666. The zero-order valence-electron chi connectivity index (χ0n) is 13.1. The maximum Gasteiger partial charge on any atom is 0.165 e. The summed E-state index contributed by atoms with van der Waals surface area (Å²) in [4.78, 5) is 13.5. The second-order valence-corrected chi connectivity index (χ2v) is 5.61. The maximum absolute atomic E-state index is 5.47. The first-order valence-electron chi connectivity index (χ1n) is 8.05. The van der Waals surface area contributed by atoms with E-state index < -0.39 is 0 Å². The van der Waals surface area contributed by atoms with Gasteiger partial charge < -0.3 is 14.6 Å². The van der Waals surface area contributed by atoms with Crippen LogP contribution < -0.4 is 10.1 Å². The van der Waals surface area contributed by atoms with Crippen molar-refractivity contribution in [2.24, 2.45) is 0 Å². The normalized spacial score (nSPS) is 13.8. The van der Waals surface area contributed by atoms with E-state index >= 15 is 0 Å². The van der Waals surface area contributed by atoms with Gasteiger partial charge in [0, 0.05) is 18.7 Å². The highest BCUT2D eigenvalue weighted by Gasteiger charge is 2.18. The SMILES string of the molecule is CCOc1ccc(Nc2ncnc3c2nc2n3CCCC2)cc1. The molecule has 0 amide bonds. The number of hydrogen-bond donors (Lipinski definition) is 1. The summed E-state index contributed by atoms with van der Waals surface area (Å²) in [6.07, 6.45) is 4.99. The molecule has 0 unspecified atom stereocenters. The lowest BCUT2D eigenvalue weighted by Gasteiger charge is -2.13. The molecular weight excluding hydrogens is 290 g/mol. The number of benzene rings is 1. The standard InChI is InChI=1S/C17H19N5O/c1-2-23-13-8-6-12(7-9-13)20-16-15-17(19-11-18-16)22-10-4-3-5-14(22)21-15/h6-9,11H,2-5,10H2,1H3,(H,18,19,20). The summed E-state index contributed by atoms with van der Waals surface area (Å²) in [5.41, 5.74) is 2.72. The van der Waals surface area contributed by atoms with E-state index in [4.69, 9.17) is 9.72 Å². The molecule has 0 saturated heterocycles. The monoisotopic (exact) mass is 309 g/mol. The molecular formula is C17H19N5O. The first-order valence-corrected chi connectivity index (χ1v) is 8.05. The lowest BCUT2D eigenvalue weighted by molar-refractivity contribution is 0.340. The van der Waals surface area contributed by atoms with Gasteiger partial charge in [0.25, 0.3) is 0 Å². The van der Waals surface area contributed by atoms with Gasteiger partial charge in [-0.05, 0) is 44.0 Å². The maximum atomic E-state index is 5.47. The number of hydrogen-bond acceptors (Lipinski definition) is 5. The molecule has 1 aliphatic heterocycles. The second-order valence-electron chi connectivity index (χ2n) is 5.61. The van der Waals surface area contributed by atoms with E-state index in [1.807, 2.05) is 31.2 Å². The number of imidazole rings is 1. The smallest absolute Gasteiger partial charge is 0.165 e. The summed E-state index contributed by atoms with van der Waals surface area (Å²) in [6.45, 7) is 3.63. The number of ether oxygens (including phenoxy) is 1. The average molecular weight is 309 g/mol. The van der Waals surface area contributed by atoms with Gasteiger partial charge in [-0.3, -0.25) is 0 Å². The van der Waals surface area contributed by atoms with Crippen molar-refractivity contribution >= 4 is 22.7 Å². The highest BCUT2D eigenvalue weighted by atomic mass is 16.5. The molecule has 0 fully saturated rings. The Balaban J connectivity index is 1.67. The van der Waals surface area contributed by atoms with Crippen LogP contribution >= 0.6 is 0 Å². The fraction of sp³-hybridized carbons (Fsp3) is 0.353.